The van der Waals surface area contributed by atoms with Crippen LogP contribution < -0.4 is 9.47 Å². The summed E-state index contributed by atoms with van der Waals surface area (Å²) >= 11 is 0. The van der Waals surface area contributed by atoms with Crippen LogP contribution in [0.15, 0.2) is 12.1 Å². The number of methoxy groups -OCH3 is 2. The molecule has 0 amide bonds. The molecule has 0 saturated heterocycles. The van der Waals surface area contributed by atoms with Gasteiger partial charge in [0.25, 0.3) is 0 Å². The van der Waals surface area contributed by atoms with Gasteiger partial charge in [0, 0.05) is 12.1 Å². The Balaban J connectivity index is 3.46. The third kappa shape index (κ3) is 2.10. The maximum absolute atomic E-state index is 11.3. The molecule has 0 heterocycles. The summed E-state index contributed by atoms with van der Waals surface area (Å²) < 4.78 is 9.81. The van der Waals surface area contributed by atoms with Crippen LogP contribution in [0.5, 0.6) is 11.5 Å². The molecule has 16 heavy (non-hydrogen) atoms. The molecule has 6 nitrogen and oxygen atoms in total. The van der Waals surface area contributed by atoms with Crippen molar-refractivity contribution in [3.63, 3.8) is 0 Å². The molecule has 1 rings (SSSR count). The fourth-order valence-electron chi connectivity index (χ4n) is 1.30. The van der Waals surface area contributed by atoms with Gasteiger partial charge in [0.2, 0.25) is 5.75 Å². The standard InChI is InChI=1S/C10H11NO5/c1-6(12)7-4-8(11(13)14)10(16-3)5-9(7)15-2/h4-5H,1-3H3. The summed E-state index contributed by atoms with van der Waals surface area (Å²) in [4.78, 5) is 21.4. The van der Waals surface area contributed by atoms with Gasteiger partial charge in [-0.2, -0.15) is 0 Å². The molecule has 0 spiro atoms. The van der Waals surface area contributed by atoms with Gasteiger partial charge in [0.1, 0.15) is 5.75 Å². The van der Waals surface area contributed by atoms with Crippen molar-refractivity contribution in [3.8, 4) is 11.5 Å². The number of hydrogen-bond acceptors (Lipinski definition) is 5. The number of nitro benzene ring substituents is 1. The van der Waals surface area contributed by atoms with Crippen LogP contribution in [0, 0.1) is 10.1 Å². The molecule has 0 saturated carbocycles. The van der Waals surface area contributed by atoms with Gasteiger partial charge in [-0.3, -0.25) is 14.9 Å². The number of rotatable bonds is 4. The molecule has 1 aromatic carbocycles. The zero-order valence-electron chi connectivity index (χ0n) is 9.14. The molecular weight excluding hydrogens is 214 g/mol. The quantitative estimate of drug-likeness (QED) is 0.443. The molecule has 86 valence electrons. The number of nitrogens with zero attached hydrogens (tertiary/aromatic N) is 1. The third-order valence-corrected chi connectivity index (χ3v) is 2.08. The van der Waals surface area contributed by atoms with Crippen molar-refractivity contribution in [1.29, 1.82) is 0 Å². The minimum absolute atomic E-state index is 0.0619. The van der Waals surface area contributed by atoms with E-state index in [2.05, 4.69) is 0 Å². The van der Waals surface area contributed by atoms with Gasteiger partial charge in [-0.1, -0.05) is 0 Å². The fraction of sp³-hybridized carbons (Fsp3) is 0.300. The second-order valence-corrected chi connectivity index (χ2v) is 3.04. The summed E-state index contributed by atoms with van der Waals surface area (Å²) in [6.45, 7) is 1.31. The van der Waals surface area contributed by atoms with Gasteiger partial charge in [-0.05, 0) is 6.92 Å². The molecule has 1 aromatic rings. The lowest BCUT2D eigenvalue weighted by molar-refractivity contribution is -0.385. The van der Waals surface area contributed by atoms with Gasteiger partial charge < -0.3 is 9.47 Å². The minimum Gasteiger partial charge on any atom is -0.496 e. The molecule has 0 aliphatic carbocycles. The van der Waals surface area contributed by atoms with E-state index in [1.54, 1.807) is 0 Å². The first-order valence-corrected chi connectivity index (χ1v) is 4.42. The predicted molar refractivity (Wildman–Crippen MR) is 56.2 cm³/mol. The number of nitro groups is 1. The lowest BCUT2D eigenvalue weighted by atomic mass is 10.1. The van der Waals surface area contributed by atoms with Gasteiger partial charge in [0.05, 0.1) is 24.7 Å². The van der Waals surface area contributed by atoms with Crippen LogP contribution in [0.4, 0.5) is 5.69 Å². The molecule has 6 heteroatoms. The number of ether oxygens (including phenoxy) is 2. The van der Waals surface area contributed by atoms with Crippen molar-refractivity contribution in [2.24, 2.45) is 0 Å². The van der Waals surface area contributed by atoms with Crippen LogP contribution in [0.2, 0.25) is 0 Å². The van der Waals surface area contributed by atoms with E-state index >= 15 is 0 Å². The first-order valence-electron chi connectivity index (χ1n) is 4.42. The topological polar surface area (TPSA) is 78.7 Å². The molecule has 0 aromatic heterocycles. The van der Waals surface area contributed by atoms with Gasteiger partial charge in [-0.25, -0.2) is 0 Å². The third-order valence-electron chi connectivity index (χ3n) is 2.08. The van der Waals surface area contributed by atoms with E-state index in [1.807, 2.05) is 0 Å². The summed E-state index contributed by atoms with van der Waals surface area (Å²) in [7, 11) is 2.70. The van der Waals surface area contributed by atoms with Crippen LogP contribution >= 0.6 is 0 Å². The van der Waals surface area contributed by atoms with Crippen LogP contribution in [0.1, 0.15) is 17.3 Å². The van der Waals surface area contributed by atoms with E-state index in [9.17, 15) is 14.9 Å². The van der Waals surface area contributed by atoms with E-state index in [1.165, 1.54) is 27.2 Å². The fourth-order valence-corrected chi connectivity index (χ4v) is 1.30. The molecule has 0 fully saturated rings. The lowest BCUT2D eigenvalue weighted by Crippen LogP contribution is -2.01. The number of ketones is 1. The van der Waals surface area contributed by atoms with Crippen LogP contribution in [0.3, 0.4) is 0 Å². The van der Waals surface area contributed by atoms with Crippen molar-refractivity contribution in [2.75, 3.05) is 14.2 Å². The Labute approximate surface area is 91.9 Å². The molecule has 0 aliphatic heterocycles. The molecule has 0 atom stereocenters. The van der Waals surface area contributed by atoms with E-state index < -0.39 is 4.92 Å². The number of benzene rings is 1. The molecule has 0 radical (unpaired) electrons. The summed E-state index contributed by atoms with van der Waals surface area (Å²) in [6.07, 6.45) is 0. The van der Waals surface area contributed by atoms with Crippen molar-refractivity contribution in [3.05, 3.63) is 27.8 Å². The average Bonchev–Trinajstić information content (AvgIpc) is 2.26. The highest BCUT2D eigenvalue weighted by molar-refractivity contribution is 5.98. The Kier molecular flexibility index (Phi) is 3.44. The number of carbonyl (C=O) groups is 1. The van der Waals surface area contributed by atoms with E-state index in [4.69, 9.17) is 9.47 Å². The molecule has 0 bridgehead atoms. The Morgan fingerprint density at radius 1 is 1.25 bits per heavy atom. The first kappa shape index (κ1) is 12.0. The molecule has 0 N–H and O–H groups in total. The van der Waals surface area contributed by atoms with Gasteiger partial charge >= 0.3 is 5.69 Å². The first-order chi connectivity index (χ1) is 7.51. The highest BCUT2D eigenvalue weighted by Gasteiger charge is 2.21. The van der Waals surface area contributed by atoms with Crippen molar-refractivity contribution < 1.29 is 19.2 Å². The van der Waals surface area contributed by atoms with E-state index in [0.29, 0.717) is 0 Å². The monoisotopic (exact) mass is 225 g/mol. The maximum atomic E-state index is 11.3. The number of hydrogen-bond donors (Lipinski definition) is 0. The average molecular weight is 225 g/mol. The normalized spacial score (nSPS) is 9.69. The summed E-state index contributed by atoms with van der Waals surface area (Å²) in [5, 5.41) is 10.7. The zero-order valence-corrected chi connectivity index (χ0v) is 9.14. The van der Waals surface area contributed by atoms with E-state index in [0.717, 1.165) is 6.07 Å². The van der Waals surface area contributed by atoms with Gasteiger partial charge in [0.15, 0.2) is 5.78 Å². The van der Waals surface area contributed by atoms with Crippen LogP contribution in [0.25, 0.3) is 0 Å². The summed E-state index contributed by atoms with van der Waals surface area (Å²) in [5.41, 5.74) is -0.0940. The SMILES string of the molecule is COc1cc(OC)c([N+](=O)[O-])cc1C(C)=O. The lowest BCUT2D eigenvalue weighted by Gasteiger charge is -2.08. The number of carbonyl (C=O) groups excluding carboxylic acids is 1. The number of Topliss-reactive ketones (excluding diaryl/α,β-unsaturated/α-hetero) is 1. The van der Waals surface area contributed by atoms with Crippen LogP contribution in [-0.2, 0) is 0 Å². The zero-order chi connectivity index (χ0) is 12.3. The van der Waals surface area contributed by atoms with Crippen LogP contribution in [-0.4, -0.2) is 24.9 Å². The summed E-state index contributed by atoms with van der Waals surface area (Å²) in [5.74, 6) is 0.0180. The second-order valence-electron chi connectivity index (χ2n) is 3.04. The Morgan fingerprint density at radius 2 is 1.81 bits per heavy atom. The van der Waals surface area contributed by atoms with Crippen molar-refractivity contribution in [2.45, 2.75) is 6.92 Å². The van der Waals surface area contributed by atoms with Gasteiger partial charge in [-0.15, -0.1) is 0 Å². The summed E-state index contributed by atoms with van der Waals surface area (Å²) in [6, 6.07) is 2.48. The highest BCUT2D eigenvalue weighted by Crippen LogP contribution is 2.34. The van der Waals surface area contributed by atoms with Crippen molar-refractivity contribution >= 4 is 11.5 Å². The Bertz CT molecular complexity index is 404. The van der Waals surface area contributed by atoms with E-state index in [-0.39, 0.29) is 28.5 Å². The Morgan fingerprint density at radius 3 is 2.19 bits per heavy atom. The molecule has 0 aliphatic rings. The maximum Gasteiger partial charge on any atom is 0.311 e. The largest absolute Gasteiger partial charge is 0.496 e. The molecule has 0 unspecified atom stereocenters. The minimum atomic E-state index is -0.606. The van der Waals surface area contributed by atoms with Crippen molar-refractivity contribution in [1.82, 2.24) is 0 Å². The highest BCUT2D eigenvalue weighted by atomic mass is 16.6. The smallest absolute Gasteiger partial charge is 0.311 e. The second kappa shape index (κ2) is 4.61. The Hall–Kier alpha value is -2.11. The predicted octanol–water partition coefficient (Wildman–Crippen LogP) is 1.81. The molecular formula is C10H11NO5.